The molecule has 0 aromatic carbocycles. The Morgan fingerprint density at radius 1 is 1.26 bits per heavy atom. The van der Waals surface area contributed by atoms with Gasteiger partial charge < -0.3 is 10.2 Å². The second-order valence-electron chi connectivity index (χ2n) is 4.55. The quantitative estimate of drug-likeness (QED) is 0.912. The number of carbonyl (C=O) groups excluding carboxylic acids is 2. The normalized spacial score (nSPS) is 15.3. The number of hydrogen-bond donors (Lipinski definition) is 1. The van der Waals surface area contributed by atoms with Crippen LogP contribution >= 0.6 is 27.3 Å². The zero-order valence-electron chi connectivity index (χ0n) is 10.7. The third-order valence-corrected chi connectivity index (χ3v) is 4.75. The third kappa shape index (κ3) is 4.31. The minimum absolute atomic E-state index is 0.109. The number of likely N-dealkylation sites (tertiary alicyclic amines) is 1. The van der Waals surface area contributed by atoms with Crippen molar-refractivity contribution in [1.82, 2.24) is 10.2 Å². The lowest BCUT2D eigenvalue weighted by Gasteiger charge is -2.26. The average molecular weight is 345 g/mol. The molecule has 1 fully saturated rings. The van der Waals surface area contributed by atoms with Gasteiger partial charge in [-0.05, 0) is 47.3 Å². The summed E-state index contributed by atoms with van der Waals surface area (Å²) in [5.41, 5.74) is 0. The minimum Gasteiger partial charge on any atom is -0.351 e. The fraction of sp³-hybridized carbons (Fsp3) is 0.538. The van der Waals surface area contributed by atoms with Crippen LogP contribution in [0.5, 0.6) is 0 Å². The number of halogens is 1. The topological polar surface area (TPSA) is 49.4 Å². The Hall–Kier alpha value is -0.880. The molecule has 4 nitrogen and oxygen atoms in total. The number of hydrogen-bond acceptors (Lipinski definition) is 3. The number of amides is 2. The Kier molecular flexibility index (Phi) is 5.39. The summed E-state index contributed by atoms with van der Waals surface area (Å²) in [7, 11) is 0. The molecule has 19 heavy (non-hydrogen) atoms. The van der Waals surface area contributed by atoms with Crippen LogP contribution in [-0.4, -0.2) is 36.3 Å². The van der Waals surface area contributed by atoms with Gasteiger partial charge in [-0.15, -0.1) is 11.3 Å². The van der Waals surface area contributed by atoms with Crippen molar-refractivity contribution in [3.8, 4) is 0 Å². The predicted molar refractivity (Wildman–Crippen MR) is 79.4 cm³/mol. The molecule has 1 aliphatic heterocycles. The number of piperidine rings is 1. The van der Waals surface area contributed by atoms with Crippen molar-refractivity contribution in [2.45, 2.75) is 25.7 Å². The highest BCUT2D eigenvalue weighted by molar-refractivity contribution is 9.11. The first kappa shape index (κ1) is 14.5. The lowest BCUT2D eigenvalue weighted by atomic mass is 10.1. The smallest absolute Gasteiger partial charge is 0.261 e. The molecule has 2 heterocycles. The van der Waals surface area contributed by atoms with Crippen molar-refractivity contribution in [1.29, 1.82) is 0 Å². The van der Waals surface area contributed by atoms with E-state index in [1.54, 1.807) is 6.07 Å². The molecule has 0 spiro atoms. The van der Waals surface area contributed by atoms with Crippen molar-refractivity contribution in [3.05, 3.63) is 20.8 Å². The summed E-state index contributed by atoms with van der Waals surface area (Å²) in [5.74, 6) is 0.0366. The van der Waals surface area contributed by atoms with E-state index in [0.717, 1.165) is 29.7 Å². The van der Waals surface area contributed by atoms with Gasteiger partial charge in [-0.25, -0.2) is 0 Å². The first-order chi connectivity index (χ1) is 9.16. The van der Waals surface area contributed by atoms with Gasteiger partial charge in [-0.3, -0.25) is 9.59 Å². The molecular weight excluding hydrogens is 328 g/mol. The molecule has 6 heteroatoms. The number of rotatable bonds is 4. The van der Waals surface area contributed by atoms with Gasteiger partial charge in [0.15, 0.2) is 0 Å². The Morgan fingerprint density at radius 2 is 2.00 bits per heavy atom. The Balaban J connectivity index is 1.71. The summed E-state index contributed by atoms with van der Waals surface area (Å²) >= 11 is 4.71. The number of nitrogens with zero attached hydrogens (tertiary/aromatic N) is 1. The van der Waals surface area contributed by atoms with Crippen LogP contribution in [0.3, 0.4) is 0 Å². The zero-order chi connectivity index (χ0) is 13.7. The molecule has 104 valence electrons. The van der Waals surface area contributed by atoms with Crippen LogP contribution in [0, 0.1) is 0 Å². The fourth-order valence-electron chi connectivity index (χ4n) is 2.11. The summed E-state index contributed by atoms with van der Waals surface area (Å²) < 4.78 is 0.932. The van der Waals surface area contributed by atoms with E-state index in [4.69, 9.17) is 0 Å². The SMILES string of the molecule is O=C(NCCC(=O)N1CCCCC1)c1ccc(Br)s1. The standard InChI is InChI=1S/C13H17BrN2O2S/c14-11-5-4-10(19-11)13(18)15-7-6-12(17)16-8-2-1-3-9-16/h4-5H,1-3,6-9H2,(H,15,18). The van der Waals surface area contributed by atoms with Crippen LogP contribution in [0.15, 0.2) is 15.9 Å². The fourth-order valence-corrected chi connectivity index (χ4v) is 3.41. The monoisotopic (exact) mass is 344 g/mol. The molecule has 2 amide bonds. The van der Waals surface area contributed by atoms with Gasteiger partial charge in [0, 0.05) is 26.1 Å². The second kappa shape index (κ2) is 7.05. The lowest BCUT2D eigenvalue weighted by molar-refractivity contribution is -0.131. The van der Waals surface area contributed by atoms with Crippen LogP contribution < -0.4 is 5.32 Å². The van der Waals surface area contributed by atoms with Gasteiger partial charge in [0.1, 0.15) is 0 Å². The van der Waals surface area contributed by atoms with E-state index in [-0.39, 0.29) is 11.8 Å². The molecule has 1 aromatic rings. The van der Waals surface area contributed by atoms with Gasteiger partial charge in [-0.2, -0.15) is 0 Å². The predicted octanol–water partition coefficient (Wildman–Crippen LogP) is 2.64. The number of nitrogens with one attached hydrogen (secondary N) is 1. The van der Waals surface area contributed by atoms with E-state index >= 15 is 0 Å². The highest BCUT2D eigenvalue weighted by Crippen LogP contribution is 2.21. The van der Waals surface area contributed by atoms with Crippen LogP contribution in [0.4, 0.5) is 0 Å². The molecular formula is C13H17BrN2O2S. The Morgan fingerprint density at radius 3 is 2.63 bits per heavy atom. The van der Waals surface area contributed by atoms with Crippen LogP contribution in [0.2, 0.25) is 0 Å². The molecule has 1 aliphatic rings. The molecule has 1 N–H and O–H groups in total. The van der Waals surface area contributed by atoms with Gasteiger partial charge in [0.25, 0.3) is 5.91 Å². The van der Waals surface area contributed by atoms with E-state index in [1.165, 1.54) is 17.8 Å². The highest BCUT2D eigenvalue weighted by atomic mass is 79.9. The van der Waals surface area contributed by atoms with Gasteiger partial charge in [0.05, 0.1) is 8.66 Å². The summed E-state index contributed by atoms with van der Waals surface area (Å²) in [4.78, 5) is 26.2. The van der Waals surface area contributed by atoms with E-state index in [0.29, 0.717) is 17.8 Å². The lowest BCUT2D eigenvalue weighted by Crippen LogP contribution is -2.37. The third-order valence-electron chi connectivity index (χ3n) is 3.13. The summed E-state index contributed by atoms with van der Waals surface area (Å²) in [6.07, 6.45) is 3.80. The van der Waals surface area contributed by atoms with Crippen LogP contribution in [-0.2, 0) is 4.79 Å². The molecule has 1 saturated heterocycles. The first-order valence-electron chi connectivity index (χ1n) is 6.48. The summed E-state index contributed by atoms with van der Waals surface area (Å²) in [6, 6.07) is 3.62. The van der Waals surface area contributed by atoms with Gasteiger partial charge >= 0.3 is 0 Å². The number of thiophene rings is 1. The maximum atomic E-state index is 11.9. The first-order valence-corrected chi connectivity index (χ1v) is 8.09. The molecule has 0 aliphatic carbocycles. The summed E-state index contributed by atoms with van der Waals surface area (Å²) in [5, 5.41) is 2.79. The molecule has 2 rings (SSSR count). The minimum atomic E-state index is -0.109. The zero-order valence-corrected chi connectivity index (χ0v) is 13.1. The molecule has 1 aromatic heterocycles. The van der Waals surface area contributed by atoms with E-state index < -0.39 is 0 Å². The van der Waals surface area contributed by atoms with Gasteiger partial charge in [0.2, 0.25) is 5.91 Å². The van der Waals surface area contributed by atoms with E-state index in [9.17, 15) is 9.59 Å². The average Bonchev–Trinajstić information content (AvgIpc) is 2.86. The maximum absolute atomic E-state index is 11.9. The number of carbonyl (C=O) groups is 2. The maximum Gasteiger partial charge on any atom is 0.261 e. The Bertz CT molecular complexity index is 455. The van der Waals surface area contributed by atoms with Crippen LogP contribution in [0.25, 0.3) is 0 Å². The largest absolute Gasteiger partial charge is 0.351 e. The highest BCUT2D eigenvalue weighted by Gasteiger charge is 2.16. The summed E-state index contributed by atoms with van der Waals surface area (Å²) in [6.45, 7) is 2.14. The van der Waals surface area contributed by atoms with Crippen molar-refractivity contribution in [2.24, 2.45) is 0 Å². The second-order valence-corrected chi connectivity index (χ2v) is 7.01. The molecule has 0 unspecified atom stereocenters. The molecule has 0 atom stereocenters. The van der Waals surface area contributed by atoms with E-state index in [2.05, 4.69) is 21.2 Å². The molecule has 0 saturated carbocycles. The Labute approximate surface area is 125 Å². The van der Waals surface area contributed by atoms with Gasteiger partial charge in [-0.1, -0.05) is 0 Å². The molecule has 0 radical (unpaired) electrons. The van der Waals surface area contributed by atoms with Crippen LogP contribution in [0.1, 0.15) is 35.4 Å². The van der Waals surface area contributed by atoms with Crippen molar-refractivity contribution in [2.75, 3.05) is 19.6 Å². The van der Waals surface area contributed by atoms with Crippen molar-refractivity contribution < 1.29 is 9.59 Å². The van der Waals surface area contributed by atoms with Crippen molar-refractivity contribution in [3.63, 3.8) is 0 Å². The molecule has 0 bridgehead atoms. The van der Waals surface area contributed by atoms with E-state index in [1.807, 2.05) is 11.0 Å². The van der Waals surface area contributed by atoms with Crippen molar-refractivity contribution >= 4 is 39.1 Å².